The molecule has 5 rings (SSSR count). The van der Waals surface area contributed by atoms with Gasteiger partial charge in [0.25, 0.3) is 12.0 Å². The molecule has 0 atom stereocenters. The van der Waals surface area contributed by atoms with Crippen LogP contribution in [0.4, 0.5) is 27.6 Å². The normalized spacial score (nSPS) is 18.9. The fourth-order valence-electron chi connectivity index (χ4n) is 5.07. The average Bonchev–Trinajstić information content (AvgIpc) is 3.15. The lowest BCUT2D eigenvalue weighted by atomic mass is 9.60. The Hall–Kier alpha value is -3.05. The van der Waals surface area contributed by atoms with E-state index in [4.69, 9.17) is 0 Å². The Kier molecular flexibility index (Phi) is 5.13. The number of aromatic nitrogens is 5. The van der Waals surface area contributed by atoms with E-state index in [1.807, 2.05) is 4.90 Å². The molecule has 12 heteroatoms. The van der Waals surface area contributed by atoms with Gasteiger partial charge in [-0.15, -0.1) is 0 Å². The van der Waals surface area contributed by atoms with Crippen LogP contribution in [0.3, 0.4) is 0 Å². The molecule has 7 nitrogen and oxygen atoms in total. The maximum Gasteiger partial charge on any atom is 0.433 e. The van der Waals surface area contributed by atoms with Crippen LogP contribution in [0.2, 0.25) is 0 Å². The molecule has 1 spiro atoms. The van der Waals surface area contributed by atoms with Crippen molar-refractivity contribution in [3.8, 4) is 0 Å². The highest BCUT2D eigenvalue weighted by molar-refractivity contribution is 5.72. The number of piperidine rings is 1. The molecule has 2 aliphatic rings. The number of hydrogen-bond donors (Lipinski definition) is 0. The Labute approximate surface area is 184 Å². The highest BCUT2D eigenvalue weighted by Crippen LogP contribution is 2.54. The van der Waals surface area contributed by atoms with Crippen molar-refractivity contribution in [2.45, 2.75) is 50.9 Å². The van der Waals surface area contributed by atoms with Gasteiger partial charge in [-0.3, -0.25) is 19.0 Å². The average molecular weight is 468 g/mol. The zero-order valence-corrected chi connectivity index (χ0v) is 17.5. The predicted octanol–water partition coefficient (Wildman–Crippen LogP) is 3.89. The lowest BCUT2D eigenvalue weighted by Crippen LogP contribution is -2.49. The largest absolute Gasteiger partial charge is 0.433 e. The maximum absolute atomic E-state index is 13.0. The van der Waals surface area contributed by atoms with E-state index in [0.717, 1.165) is 36.4 Å². The van der Waals surface area contributed by atoms with Crippen LogP contribution in [0.5, 0.6) is 0 Å². The van der Waals surface area contributed by atoms with Crippen molar-refractivity contribution >= 4 is 16.7 Å². The van der Waals surface area contributed by atoms with Gasteiger partial charge >= 0.3 is 6.18 Å². The molecule has 1 saturated carbocycles. The number of fused-ring (bicyclic) bond motifs is 1. The highest BCUT2D eigenvalue weighted by atomic mass is 19.4. The number of alkyl halides is 5. The summed E-state index contributed by atoms with van der Waals surface area (Å²) in [5.74, 6) is 0. The molecular weight excluding hydrogens is 447 g/mol. The van der Waals surface area contributed by atoms with Crippen molar-refractivity contribution in [2.24, 2.45) is 5.41 Å². The van der Waals surface area contributed by atoms with E-state index in [2.05, 4.69) is 15.1 Å². The van der Waals surface area contributed by atoms with Crippen molar-refractivity contribution < 1.29 is 22.0 Å². The van der Waals surface area contributed by atoms with Crippen molar-refractivity contribution in [2.75, 3.05) is 18.0 Å². The van der Waals surface area contributed by atoms with Gasteiger partial charge in [0, 0.05) is 31.0 Å². The summed E-state index contributed by atoms with van der Waals surface area (Å²) in [6.07, 6.45) is -0.126. The molecule has 0 bridgehead atoms. The van der Waals surface area contributed by atoms with Crippen LogP contribution in [0, 0.1) is 5.41 Å². The maximum atomic E-state index is 13.0. The van der Waals surface area contributed by atoms with Gasteiger partial charge in [0.2, 0.25) is 0 Å². The van der Waals surface area contributed by atoms with Gasteiger partial charge in [0.05, 0.1) is 12.5 Å². The highest BCUT2D eigenvalue weighted by Gasteiger charge is 2.47. The van der Waals surface area contributed by atoms with Gasteiger partial charge in [-0.25, -0.2) is 13.8 Å². The summed E-state index contributed by atoms with van der Waals surface area (Å²) in [4.78, 5) is 22.5. The van der Waals surface area contributed by atoms with Crippen molar-refractivity contribution in [1.29, 1.82) is 0 Å². The summed E-state index contributed by atoms with van der Waals surface area (Å²) < 4.78 is 67.0. The molecule has 3 aromatic heterocycles. The predicted molar refractivity (Wildman–Crippen MR) is 109 cm³/mol. The first-order chi connectivity index (χ1) is 15.7. The Balaban J connectivity index is 1.27. The molecule has 0 N–H and O–H groups in total. The molecule has 2 fully saturated rings. The molecule has 33 heavy (non-hydrogen) atoms. The van der Waals surface area contributed by atoms with Crippen LogP contribution in [0.25, 0.3) is 11.0 Å². The lowest BCUT2D eigenvalue weighted by molar-refractivity contribution is -0.141. The minimum atomic E-state index is -4.48. The summed E-state index contributed by atoms with van der Waals surface area (Å²) in [6, 6.07) is 2.57. The van der Waals surface area contributed by atoms with Gasteiger partial charge in [-0.1, -0.05) is 0 Å². The number of hydrogen-bond acceptors (Lipinski definition) is 5. The van der Waals surface area contributed by atoms with Crippen molar-refractivity contribution in [3.63, 3.8) is 0 Å². The first kappa shape index (κ1) is 21.8. The number of anilines is 1. The van der Waals surface area contributed by atoms with Crippen LogP contribution >= 0.6 is 0 Å². The molecular formula is C21H21F5N6O. The van der Waals surface area contributed by atoms with Crippen molar-refractivity contribution in [1.82, 2.24) is 24.3 Å². The fourth-order valence-corrected chi connectivity index (χ4v) is 5.07. The molecule has 0 radical (unpaired) electrons. The first-order valence-corrected chi connectivity index (χ1v) is 10.6. The minimum absolute atomic E-state index is 0.0126. The summed E-state index contributed by atoms with van der Waals surface area (Å²) in [7, 11) is 0. The second-order valence-corrected chi connectivity index (χ2v) is 8.85. The van der Waals surface area contributed by atoms with E-state index in [0.29, 0.717) is 18.8 Å². The molecule has 4 heterocycles. The lowest BCUT2D eigenvalue weighted by Gasteiger charge is -2.52. The fraction of sp³-hybridized carbons (Fsp3) is 0.524. The Morgan fingerprint density at radius 1 is 1.15 bits per heavy atom. The van der Waals surface area contributed by atoms with Crippen LogP contribution in [0.15, 0.2) is 35.6 Å². The summed E-state index contributed by atoms with van der Waals surface area (Å²) in [6.45, 7) is 0.558. The molecule has 3 aromatic rings. The zero-order valence-electron chi connectivity index (χ0n) is 17.5. The molecule has 0 amide bonds. The third kappa shape index (κ3) is 3.95. The van der Waals surface area contributed by atoms with Gasteiger partial charge in [-0.05, 0) is 43.2 Å². The van der Waals surface area contributed by atoms with Crippen LogP contribution < -0.4 is 10.5 Å². The molecule has 176 valence electrons. The first-order valence-electron chi connectivity index (χ1n) is 10.6. The van der Waals surface area contributed by atoms with E-state index in [9.17, 15) is 26.7 Å². The summed E-state index contributed by atoms with van der Waals surface area (Å²) in [5, 5.41) is 3.86. The Morgan fingerprint density at radius 3 is 2.55 bits per heavy atom. The Morgan fingerprint density at radius 2 is 1.88 bits per heavy atom. The zero-order chi connectivity index (χ0) is 23.4. The second-order valence-electron chi connectivity index (χ2n) is 8.85. The second kappa shape index (κ2) is 7.77. The van der Waals surface area contributed by atoms with Gasteiger partial charge in [0.15, 0.2) is 5.52 Å². The van der Waals surface area contributed by atoms with Crippen molar-refractivity contribution in [3.05, 3.63) is 46.9 Å². The number of halogens is 5. The Bertz CT molecular complexity index is 1220. The molecule has 0 unspecified atom stereocenters. The van der Waals surface area contributed by atoms with E-state index in [1.54, 1.807) is 6.07 Å². The standard InChI is InChI=1S/C21H21F5N6O/c22-17(23)11-32-18-15(10-29-32)28-12-31(19(18)33)14-8-20(9-14)2-5-30(6-3-20)13-1-4-27-16(7-13)21(24,25)26/h1,4,7,10,12,14,17H,2-3,5-6,8-9,11H2. The van der Waals surface area contributed by atoms with Crippen LogP contribution in [-0.2, 0) is 12.7 Å². The summed E-state index contributed by atoms with van der Waals surface area (Å²) >= 11 is 0. The topological polar surface area (TPSA) is 68.8 Å². The minimum Gasteiger partial charge on any atom is -0.371 e. The van der Waals surface area contributed by atoms with Gasteiger partial charge in [0.1, 0.15) is 17.8 Å². The smallest absolute Gasteiger partial charge is 0.371 e. The van der Waals surface area contributed by atoms with E-state index >= 15 is 0 Å². The third-order valence-electron chi connectivity index (χ3n) is 6.84. The van der Waals surface area contributed by atoms with E-state index in [-0.39, 0.29) is 28.0 Å². The number of nitrogens with zero attached hydrogens (tertiary/aromatic N) is 6. The third-order valence-corrected chi connectivity index (χ3v) is 6.84. The molecule has 1 aliphatic carbocycles. The quantitative estimate of drug-likeness (QED) is 0.544. The number of rotatable bonds is 4. The summed E-state index contributed by atoms with van der Waals surface area (Å²) in [5.41, 5.74) is -0.412. The number of pyridine rings is 1. The van der Waals surface area contributed by atoms with Gasteiger partial charge in [-0.2, -0.15) is 18.3 Å². The van der Waals surface area contributed by atoms with Crippen LogP contribution in [-0.4, -0.2) is 43.8 Å². The molecule has 1 saturated heterocycles. The molecule has 1 aliphatic heterocycles. The van der Waals surface area contributed by atoms with Crippen LogP contribution in [0.1, 0.15) is 37.4 Å². The SMILES string of the molecule is O=c1c2c(cnn2CC(F)F)ncn1C1CC2(CCN(c3ccnc(C(F)(F)F)c3)CC2)C1. The van der Waals surface area contributed by atoms with Gasteiger partial charge < -0.3 is 4.90 Å². The molecule has 0 aromatic carbocycles. The monoisotopic (exact) mass is 468 g/mol. The van der Waals surface area contributed by atoms with E-state index in [1.165, 1.54) is 23.3 Å². The van der Waals surface area contributed by atoms with E-state index < -0.39 is 24.8 Å².